The fourth-order valence-corrected chi connectivity index (χ4v) is 4.47. The summed E-state index contributed by atoms with van der Waals surface area (Å²) >= 11 is 0. The minimum absolute atomic E-state index is 0.335. The minimum atomic E-state index is -0.335. The van der Waals surface area contributed by atoms with Crippen molar-refractivity contribution in [1.82, 2.24) is 30.0 Å². The molecule has 0 aliphatic rings. The zero-order valence-electron chi connectivity index (χ0n) is 20.5. The number of hydrogen-bond acceptors (Lipinski definition) is 5. The van der Waals surface area contributed by atoms with E-state index in [9.17, 15) is 4.39 Å². The van der Waals surface area contributed by atoms with Gasteiger partial charge in [-0.05, 0) is 67.7 Å². The predicted octanol–water partition coefficient (Wildman–Crippen LogP) is 5.91. The van der Waals surface area contributed by atoms with E-state index in [1.54, 1.807) is 12.4 Å². The highest BCUT2D eigenvalue weighted by Crippen LogP contribution is 2.36. The Kier molecular flexibility index (Phi) is 5.86. The Morgan fingerprint density at radius 3 is 2.68 bits per heavy atom. The number of ether oxygens (including phenoxy) is 1. The van der Waals surface area contributed by atoms with Gasteiger partial charge in [0, 0.05) is 46.9 Å². The third-order valence-electron chi connectivity index (χ3n) is 6.29. The molecule has 0 radical (unpaired) electrons. The molecule has 0 unspecified atom stereocenters. The van der Waals surface area contributed by atoms with Crippen LogP contribution in [0, 0.1) is 5.82 Å². The minimum Gasteiger partial charge on any atom is -0.492 e. The first-order valence-corrected chi connectivity index (χ1v) is 12.0. The molecule has 0 saturated carbocycles. The lowest BCUT2D eigenvalue weighted by atomic mass is 10.0. The number of halogens is 1. The van der Waals surface area contributed by atoms with E-state index in [1.165, 1.54) is 12.1 Å². The first-order chi connectivity index (χ1) is 18.0. The van der Waals surface area contributed by atoms with Gasteiger partial charge in [-0.25, -0.2) is 9.37 Å². The van der Waals surface area contributed by atoms with E-state index < -0.39 is 0 Å². The highest BCUT2D eigenvalue weighted by atomic mass is 19.1. The van der Waals surface area contributed by atoms with Crippen molar-refractivity contribution in [2.24, 2.45) is 0 Å². The number of likely N-dealkylation sites (N-methyl/N-ethyl adjacent to an activating group) is 1. The number of nitrogens with zero attached hydrogens (tertiary/aromatic N) is 4. The normalized spacial score (nSPS) is 11.6. The molecule has 0 fully saturated rings. The number of pyridine rings is 2. The molecule has 2 aromatic carbocycles. The van der Waals surface area contributed by atoms with Crippen LogP contribution in [0.15, 0.2) is 79.1 Å². The summed E-state index contributed by atoms with van der Waals surface area (Å²) in [6.45, 7) is 1.23. The molecule has 0 aliphatic heterocycles. The van der Waals surface area contributed by atoms with E-state index in [1.807, 2.05) is 67.5 Å². The molecule has 4 aromatic heterocycles. The van der Waals surface area contributed by atoms with Gasteiger partial charge in [-0.2, -0.15) is 5.10 Å². The van der Waals surface area contributed by atoms with E-state index in [2.05, 4.69) is 31.2 Å². The summed E-state index contributed by atoms with van der Waals surface area (Å²) in [7, 11) is 3.95. The summed E-state index contributed by atoms with van der Waals surface area (Å²) in [6, 6.07) is 20.7. The lowest BCUT2D eigenvalue weighted by molar-refractivity contribution is 0.260. The van der Waals surface area contributed by atoms with Crippen molar-refractivity contribution in [1.29, 1.82) is 0 Å². The quantitative estimate of drug-likeness (QED) is 0.289. The van der Waals surface area contributed by atoms with E-state index in [-0.39, 0.29) is 5.82 Å². The van der Waals surface area contributed by atoms with Crippen molar-refractivity contribution < 1.29 is 9.13 Å². The average molecular weight is 493 g/mol. The van der Waals surface area contributed by atoms with Crippen LogP contribution >= 0.6 is 0 Å². The Balaban J connectivity index is 1.41. The zero-order chi connectivity index (χ0) is 25.4. The number of aromatic amines is 2. The maximum atomic E-state index is 14.6. The molecule has 0 atom stereocenters. The van der Waals surface area contributed by atoms with E-state index in [4.69, 9.17) is 4.74 Å². The van der Waals surface area contributed by atoms with Gasteiger partial charge >= 0.3 is 0 Å². The SMILES string of the molecule is CN(C)CCOc1cc(F)cc(-c2cccc3[nH]c(-c4[nH]nc5ncc(-c6ccccn6)cc45)cc23)c1. The highest BCUT2D eigenvalue weighted by Gasteiger charge is 2.15. The van der Waals surface area contributed by atoms with Crippen LogP contribution in [0.2, 0.25) is 0 Å². The van der Waals surface area contributed by atoms with Crippen molar-refractivity contribution in [3.63, 3.8) is 0 Å². The zero-order valence-corrected chi connectivity index (χ0v) is 20.5. The predicted molar refractivity (Wildman–Crippen MR) is 144 cm³/mol. The first kappa shape index (κ1) is 22.9. The standard InChI is InChI=1S/C29H25FN6O/c1-36(2)10-11-37-21-13-18(12-20(30)15-21)22-6-5-8-26-23(22)16-27(33-26)28-24-14-19(17-32-29(24)35-34-28)25-7-3-4-9-31-25/h3-9,12-17,33H,10-11H2,1-2H3,(H,32,34,35). The summed E-state index contributed by atoms with van der Waals surface area (Å²) in [5.74, 6) is 0.176. The molecule has 184 valence electrons. The van der Waals surface area contributed by atoms with Gasteiger partial charge in [-0.15, -0.1) is 0 Å². The number of H-pyrrole nitrogens is 2. The molecule has 6 aromatic rings. The molecule has 0 spiro atoms. The van der Waals surface area contributed by atoms with Crippen LogP contribution in [0.3, 0.4) is 0 Å². The molecular formula is C29H25FN6O. The monoisotopic (exact) mass is 492 g/mol. The number of nitrogens with one attached hydrogen (secondary N) is 2. The highest BCUT2D eigenvalue weighted by molar-refractivity contribution is 6.01. The number of fused-ring (bicyclic) bond motifs is 2. The molecule has 0 bridgehead atoms. The Hall–Kier alpha value is -4.56. The lowest BCUT2D eigenvalue weighted by Gasteiger charge is -2.12. The van der Waals surface area contributed by atoms with Crippen molar-refractivity contribution in [2.75, 3.05) is 27.2 Å². The third-order valence-corrected chi connectivity index (χ3v) is 6.29. The van der Waals surface area contributed by atoms with Crippen molar-refractivity contribution in [3.8, 4) is 39.5 Å². The molecule has 6 rings (SSSR count). The van der Waals surface area contributed by atoms with Gasteiger partial charge in [-0.1, -0.05) is 18.2 Å². The largest absolute Gasteiger partial charge is 0.492 e. The summed E-state index contributed by atoms with van der Waals surface area (Å²) in [5, 5.41) is 9.39. The Labute approximate surface area is 213 Å². The molecule has 2 N–H and O–H groups in total. The molecule has 7 nitrogen and oxygen atoms in total. The summed E-state index contributed by atoms with van der Waals surface area (Å²) < 4.78 is 20.4. The van der Waals surface area contributed by atoms with Gasteiger partial charge in [0.05, 0.1) is 17.1 Å². The van der Waals surface area contributed by atoms with Crippen molar-refractivity contribution in [2.45, 2.75) is 0 Å². The van der Waals surface area contributed by atoms with Gasteiger partial charge in [0.1, 0.15) is 18.2 Å². The molecule has 0 saturated heterocycles. The van der Waals surface area contributed by atoms with Gasteiger partial charge in [-0.3, -0.25) is 10.1 Å². The van der Waals surface area contributed by atoms with Crippen molar-refractivity contribution in [3.05, 3.63) is 84.9 Å². The van der Waals surface area contributed by atoms with E-state index in [0.717, 1.165) is 56.6 Å². The Morgan fingerprint density at radius 2 is 1.84 bits per heavy atom. The summed E-state index contributed by atoms with van der Waals surface area (Å²) in [6.07, 6.45) is 3.54. The second-order valence-corrected chi connectivity index (χ2v) is 9.19. The van der Waals surface area contributed by atoms with E-state index in [0.29, 0.717) is 18.0 Å². The second-order valence-electron chi connectivity index (χ2n) is 9.19. The molecule has 8 heteroatoms. The topological polar surface area (TPSA) is 82.7 Å². The average Bonchev–Trinajstić information content (AvgIpc) is 3.52. The summed E-state index contributed by atoms with van der Waals surface area (Å²) in [5.41, 5.74) is 6.67. The van der Waals surface area contributed by atoms with Crippen LogP contribution in [0.25, 0.3) is 55.7 Å². The van der Waals surface area contributed by atoms with E-state index >= 15 is 0 Å². The number of aromatic nitrogens is 5. The van der Waals surface area contributed by atoms with Crippen LogP contribution in [0.4, 0.5) is 4.39 Å². The summed E-state index contributed by atoms with van der Waals surface area (Å²) in [4.78, 5) is 14.5. The smallest absolute Gasteiger partial charge is 0.181 e. The van der Waals surface area contributed by atoms with Crippen LogP contribution in [-0.4, -0.2) is 57.3 Å². The number of hydrogen-bond donors (Lipinski definition) is 2. The molecular weight excluding hydrogens is 467 g/mol. The van der Waals surface area contributed by atoms with Crippen molar-refractivity contribution >= 4 is 21.9 Å². The van der Waals surface area contributed by atoms with Crippen LogP contribution < -0.4 is 4.74 Å². The second kappa shape index (κ2) is 9.48. The fraction of sp³-hybridized carbons (Fsp3) is 0.138. The first-order valence-electron chi connectivity index (χ1n) is 12.0. The number of benzene rings is 2. The maximum absolute atomic E-state index is 14.6. The molecule has 0 amide bonds. The number of rotatable bonds is 7. The van der Waals surface area contributed by atoms with Crippen LogP contribution in [0.5, 0.6) is 5.75 Å². The van der Waals surface area contributed by atoms with Gasteiger partial charge < -0.3 is 14.6 Å². The van der Waals surface area contributed by atoms with Gasteiger partial charge in [0.15, 0.2) is 5.65 Å². The van der Waals surface area contributed by atoms with Crippen LogP contribution in [-0.2, 0) is 0 Å². The van der Waals surface area contributed by atoms with Crippen LogP contribution in [0.1, 0.15) is 0 Å². The van der Waals surface area contributed by atoms with Gasteiger partial charge in [0.2, 0.25) is 0 Å². The third kappa shape index (κ3) is 4.54. The molecule has 4 heterocycles. The van der Waals surface area contributed by atoms with Gasteiger partial charge in [0.25, 0.3) is 0 Å². The Bertz CT molecular complexity index is 1710. The fourth-order valence-electron chi connectivity index (χ4n) is 4.47. The molecule has 0 aliphatic carbocycles. The maximum Gasteiger partial charge on any atom is 0.181 e. The Morgan fingerprint density at radius 1 is 0.919 bits per heavy atom. The lowest BCUT2D eigenvalue weighted by Crippen LogP contribution is -2.19. The molecule has 37 heavy (non-hydrogen) atoms.